The molecule has 6 nitrogen and oxygen atoms in total. The van der Waals surface area contributed by atoms with Crippen molar-refractivity contribution in [2.24, 2.45) is 0 Å². The molecule has 6 heteroatoms. The molecular formula is C11H14N2O4. The number of pyridine rings is 1. The number of aliphatic carboxylic acids is 2. The molecule has 0 bridgehead atoms. The predicted molar refractivity (Wildman–Crippen MR) is 61.0 cm³/mol. The van der Waals surface area contributed by atoms with E-state index in [4.69, 9.17) is 10.2 Å². The van der Waals surface area contributed by atoms with Crippen LogP contribution in [0.1, 0.15) is 12.8 Å². The topological polar surface area (TPSA) is 90.7 Å². The number of rotatable bonds is 7. The number of hydrogen-bond acceptors (Lipinski definition) is 4. The lowest BCUT2D eigenvalue weighted by Gasteiger charge is -2.22. The second-order valence-electron chi connectivity index (χ2n) is 3.49. The minimum absolute atomic E-state index is 0.0332. The molecule has 0 aromatic carbocycles. The van der Waals surface area contributed by atoms with E-state index in [0.29, 0.717) is 0 Å². The lowest BCUT2D eigenvalue weighted by molar-refractivity contribution is -0.137. The zero-order valence-electron chi connectivity index (χ0n) is 9.24. The summed E-state index contributed by atoms with van der Waals surface area (Å²) in [6.45, 7) is 0.544. The van der Waals surface area contributed by atoms with Gasteiger partial charge in [-0.2, -0.15) is 0 Å². The Hall–Kier alpha value is -2.11. The van der Waals surface area contributed by atoms with Gasteiger partial charge in [0.15, 0.2) is 0 Å². The number of hydrogen-bond donors (Lipinski definition) is 2. The summed E-state index contributed by atoms with van der Waals surface area (Å²) in [4.78, 5) is 26.7. The maximum absolute atomic E-state index is 10.5. The summed E-state index contributed by atoms with van der Waals surface area (Å²) >= 11 is 0. The molecule has 0 saturated carbocycles. The molecular weight excluding hydrogens is 224 g/mol. The van der Waals surface area contributed by atoms with E-state index in [1.807, 2.05) is 0 Å². The average Bonchev–Trinajstić information content (AvgIpc) is 2.29. The number of nitrogens with zero attached hydrogens (tertiary/aromatic N) is 2. The first kappa shape index (κ1) is 13.0. The van der Waals surface area contributed by atoms with E-state index in [-0.39, 0.29) is 25.9 Å². The minimum Gasteiger partial charge on any atom is -0.481 e. The van der Waals surface area contributed by atoms with Gasteiger partial charge in [-0.25, -0.2) is 0 Å². The van der Waals surface area contributed by atoms with Gasteiger partial charge in [0.05, 0.1) is 24.7 Å². The zero-order valence-corrected chi connectivity index (χ0v) is 9.24. The molecule has 0 radical (unpaired) electrons. The van der Waals surface area contributed by atoms with Gasteiger partial charge in [0.2, 0.25) is 0 Å². The molecule has 0 aliphatic carbocycles. The highest BCUT2D eigenvalue weighted by Crippen LogP contribution is 2.12. The van der Waals surface area contributed by atoms with Gasteiger partial charge in [0.1, 0.15) is 0 Å². The molecule has 0 unspecified atom stereocenters. The molecule has 0 amide bonds. The molecule has 1 aromatic rings. The van der Waals surface area contributed by atoms with Crippen molar-refractivity contribution in [1.82, 2.24) is 4.98 Å². The standard InChI is InChI=1S/C11H14N2O4/c14-10(15)3-6-13(7-4-11(16)17)9-2-1-5-12-8-9/h1-2,5,8H,3-4,6-7H2,(H,14,15)(H,16,17). The van der Waals surface area contributed by atoms with Crippen LogP contribution in [0.15, 0.2) is 24.5 Å². The third kappa shape index (κ3) is 4.96. The highest BCUT2D eigenvalue weighted by Gasteiger charge is 2.10. The van der Waals surface area contributed by atoms with Crippen LogP contribution in [0.4, 0.5) is 5.69 Å². The van der Waals surface area contributed by atoms with Gasteiger partial charge >= 0.3 is 11.9 Å². The van der Waals surface area contributed by atoms with Crippen LogP contribution < -0.4 is 4.90 Å². The van der Waals surface area contributed by atoms with Gasteiger partial charge in [0.25, 0.3) is 0 Å². The predicted octanol–water partition coefficient (Wildman–Crippen LogP) is 0.837. The van der Waals surface area contributed by atoms with Crippen molar-refractivity contribution in [1.29, 1.82) is 0 Å². The maximum atomic E-state index is 10.5. The van der Waals surface area contributed by atoms with Gasteiger partial charge in [-0.1, -0.05) is 0 Å². The first-order chi connectivity index (χ1) is 8.09. The van der Waals surface area contributed by atoms with E-state index in [9.17, 15) is 9.59 Å². The number of anilines is 1. The Morgan fingerprint density at radius 3 is 2.18 bits per heavy atom. The Morgan fingerprint density at radius 2 is 1.76 bits per heavy atom. The lowest BCUT2D eigenvalue weighted by Crippen LogP contribution is -2.28. The number of carboxylic acids is 2. The molecule has 0 aliphatic heterocycles. The van der Waals surface area contributed by atoms with Crippen LogP contribution in [0, 0.1) is 0 Å². The summed E-state index contributed by atoms with van der Waals surface area (Å²) < 4.78 is 0. The van der Waals surface area contributed by atoms with E-state index in [1.165, 1.54) is 0 Å². The molecule has 2 N–H and O–H groups in total. The van der Waals surface area contributed by atoms with E-state index < -0.39 is 11.9 Å². The first-order valence-corrected chi connectivity index (χ1v) is 5.18. The Bertz CT molecular complexity index is 362. The fraction of sp³-hybridized carbons (Fsp3) is 0.364. The smallest absolute Gasteiger partial charge is 0.305 e. The highest BCUT2D eigenvalue weighted by molar-refractivity contribution is 5.69. The van der Waals surface area contributed by atoms with Gasteiger partial charge in [-0.05, 0) is 12.1 Å². The summed E-state index contributed by atoms with van der Waals surface area (Å²) in [7, 11) is 0. The second kappa shape index (κ2) is 6.47. The molecule has 0 fully saturated rings. The van der Waals surface area contributed by atoms with E-state index in [2.05, 4.69) is 4.98 Å². The highest BCUT2D eigenvalue weighted by atomic mass is 16.4. The van der Waals surface area contributed by atoms with Crippen LogP contribution in [0.3, 0.4) is 0 Å². The average molecular weight is 238 g/mol. The second-order valence-corrected chi connectivity index (χ2v) is 3.49. The molecule has 92 valence electrons. The van der Waals surface area contributed by atoms with Crippen molar-refractivity contribution in [3.63, 3.8) is 0 Å². The Labute approximate surface area is 98.5 Å². The van der Waals surface area contributed by atoms with Gasteiger partial charge < -0.3 is 15.1 Å². The normalized spacial score (nSPS) is 9.88. The fourth-order valence-corrected chi connectivity index (χ4v) is 1.37. The van der Waals surface area contributed by atoms with Crippen LogP contribution >= 0.6 is 0 Å². The summed E-state index contributed by atoms with van der Waals surface area (Å²) in [5.41, 5.74) is 0.731. The monoisotopic (exact) mass is 238 g/mol. The third-order valence-corrected chi connectivity index (χ3v) is 2.20. The van der Waals surface area contributed by atoms with Crippen molar-refractivity contribution in [2.45, 2.75) is 12.8 Å². The maximum Gasteiger partial charge on any atom is 0.305 e. The number of carbonyl (C=O) groups is 2. The fourth-order valence-electron chi connectivity index (χ4n) is 1.37. The molecule has 17 heavy (non-hydrogen) atoms. The van der Waals surface area contributed by atoms with Crippen LogP contribution in [0.2, 0.25) is 0 Å². The van der Waals surface area contributed by atoms with Crippen molar-refractivity contribution >= 4 is 17.6 Å². The van der Waals surface area contributed by atoms with Crippen molar-refractivity contribution in [2.75, 3.05) is 18.0 Å². The van der Waals surface area contributed by atoms with Crippen molar-refractivity contribution in [3.8, 4) is 0 Å². The SMILES string of the molecule is O=C(O)CCN(CCC(=O)O)c1cccnc1. The largest absolute Gasteiger partial charge is 0.481 e. The van der Waals surface area contributed by atoms with Crippen LogP contribution in [-0.2, 0) is 9.59 Å². The summed E-state index contributed by atoms with van der Waals surface area (Å²) in [5, 5.41) is 17.3. The van der Waals surface area contributed by atoms with Crippen LogP contribution in [0.25, 0.3) is 0 Å². The molecule has 0 aliphatic rings. The quantitative estimate of drug-likeness (QED) is 0.731. The van der Waals surface area contributed by atoms with Gasteiger partial charge in [-0.15, -0.1) is 0 Å². The Balaban J connectivity index is 2.64. The third-order valence-electron chi connectivity index (χ3n) is 2.20. The first-order valence-electron chi connectivity index (χ1n) is 5.18. The van der Waals surface area contributed by atoms with Gasteiger partial charge in [-0.3, -0.25) is 14.6 Å². The molecule has 0 saturated heterocycles. The van der Waals surface area contributed by atoms with E-state index in [1.54, 1.807) is 29.4 Å². The lowest BCUT2D eigenvalue weighted by atomic mass is 10.3. The van der Waals surface area contributed by atoms with Crippen LogP contribution in [0.5, 0.6) is 0 Å². The summed E-state index contributed by atoms with van der Waals surface area (Å²) in [6.07, 6.45) is 3.13. The molecule has 0 atom stereocenters. The Morgan fingerprint density at radius 1 is 1.18 bits per heavy atom. The number of carboxylic acid groups (broad SMARTS) is 2. The minimum atomic E-state index is -0.908. The van der Waals surface area contributed by atoms with Gasteiger partial charge in [0, 0.05) is 19.3 Å². The molecule has 1 heterocycles. The molecule has 1 aromatic heterocycles. The van der Waals surface area contributed by atoms with Crippen molar-refractivity contribution < 1.29 is 19.8 Å². The van der Waals surface area contributed by atoms with E-state index in [0.717, 1.165) is 5.69 Å². The van der Waals surface area contributed by atoms with E-state index >= 15 is 0 Å². The van der Waals surface area contributed by atoms with Crippen LogP contribution in [-0.4, -0.2) is 40.2 Å². The zero-order chi connectivity index (χ0) is 12.7. The van der Waals surface area contributed by atoms with Crippen molar-refractivity contribution in [3.05, 3.63) is 24.5 Å². The summed E-state index contributed by atoms with van der Waals surface area (Å²) in [6, 6.07) is 3.50. The summed E-state index contributed by atoms with van der Waals surface area (Å²) in [5.74, 6) is -1.82. The Kier molecular flexibility index (Phi) is 4.93. The number of aromatic nitrogens is 1. The molecule has 0 spiro atoms. The molecule has 1 rings (SSSR count).